The van der Waals surface area contributed by atoms with Gasteiger partial charge in [-0.2, -0.15) is 9.97 Å². The molecule has 0 fully saturated rings. The second-order valence-corrected chi connectivity index (χ2v) is 9.43. The van der Waals surface area contributed by atoms with E-state index in [0.29, 0.717) is 35.8 Å². The van der Waals surface area contributed by atoms with Gasteiger partial charge in [0.1, 0.15) is 5.75 Å². The number of fused-ring (bicyclic) bond motifs is 1. The van der Waals surface area contributed by atoms with Crippen LogP contribution in [0.1, 0.15) is 32.3 Å². The lowest BCUT2D eigenvalue weighted by molar-refractivity contribution is -0.145. The van der Waals surface area contributed by atoms with E-state index in [1.54, 1.807) is 18.5 Å². The molecule has 0 bridgehead atoms. The van der Waals surface area contributed by atoms with Crippen LogP contribution in [0.2, 0.25) is 0 Å². The second kappa shape index (κ2) is 13.3. The second-order valence-electron chi connectivity index (χ2n) is 9.43. The maximum absolute atomic E-state index is 10.2. The molecule has 9 heteroatoms. The van der Waals surface area contributed by atoms with Crippen LogP contribution in [0.4, 0.5) is 11.4 Å². The van der Waals surface area contributed by atoms with Crippen LogP contribution in [0, 0.1) is 0 Å². The molecule has 2 aromatic heterocycles. The van der Waals surface area contributed by atoms with Gasteiger partial charge in [-0.1, -0.05) is 19.1 Å². The molecule has 1 N–H and O–H groups in total. The van der Waals surface area contributed by atoms with Crippen molar-refractivity contribution in [2.75, 3.05) is 45.3 Å². The zero-order valence-electron chi connectivity index (χ0n) is 23.2. The van der Waals surface area contributed by atoms with E-state index in [1.165, 1.54) is 5.56 Å². The SMILES string of the molecule is CCOC(CN(C)CC(C)c1ccc(N(C)c2ccc(Oc3nc(O)c4ccncc4n3)cc2)cc1)OCC. The Morgan fingerprint density at radius 3 is 2.13 bits per heavy atom. The minimum absolute atomic E-state index is 0.0655. The van der Waals surface area contributed by atoms with E-state index in [1.807, 2.05) is 45.2 Å². The molecule has 0 saturated carbocycles. The topological polar surface area (TPSA) is 93.1 Å². The summed E-state index contributed by atoms with van der Waals surface area (Å²) < 4.78 is 17.2. The number of rotatable bonds is 13. The van der Waals surface area contributed by atoms with Crippen molar-refractivity contribution in [3.8, 4) is 17.6 Å². The molecule has 0 spiro atoms. The van der Waals surface area contributed by atoms with Gasteiger partial charge in [-0.3, -0.25) is 4.98 Å². The number of hydrogen-bond acceptors (Lipinski definition) is 9. The van der Waals surface area contributed by atoms with Gasteiger partial charge in [-0.05, 0) is 74.8 Å². The van der Waals surface area contributed by atoms with Gasteiger partial charge >= 0.3 is 6.01 Å². The Bertz CT molecular complexity index is 1330. The zero-order valence-corrected chi connectivity index (χ0v) is 23.2. The standard InChI is InChI=1S/C30H37N5O4/c1-6-37-28(38-7-2)20-34(4)19-21(3)22-8-10-23(11-9-22)35(5)24-12-14-25(15-13-24)39-30-32-27-18-31-17-16-26(27)29(36)33-30/h8-18,21,28H,6-7,19-20H2,1-5H3,(H,32,33,36). The first-order chi connectivity index (χ1) is 18.9. The maximum atomic E-state index is 10.2. The van der Waals surface area contributed by atoms with Crippen LogP contribution in [0.15, 0.2) is 67.0 Å². The van der Waals surface area contributed by atoms with Crippen molar-refractivity contribution in [2.24, 2.45) is 0 Å². The number of pyridine rings is 1. The van der Waals surface area contributed by atoms with E-state index < -0.39 is 0 Å². The summed E-state index contributed by atoms with van der Waals surface area (Å²) in [6.45, 7) is 9.13. The number of aromatic nitrogens is 3. The van der Waals surface area contributed by atoms with Crippen LogP contribution in [0.25, 0.3) is 10.9 Å². The Balaban J connectivity index is 1.36. The summed E-state index contributed by atoms with van der Waals surface area (Å²) in [6.07, 6.45) is 2.94. The van der Waals surface area contributed by atoms with E-state index in [9.17, 15) is 5.11 Å². The van der Waals surface area contributed by atoms with Crippen molar-refractivity contribution in [3.05, 3.63) is 72.6 Å². The smallest absolute Gasteiger partial charge is 0.325 e. The Kier molecular flexibility index (Phi) is 9.64. The van der Waals surface area contributed by atoms with Gasteiger partial charge in [0.05, 0.1) is 17.1 Å². The highest BCUT2D eigenvalue weighted by Gasteiger charge is 2.15. The average Bonchev–Trinajstić information content (AvgIpc) is 2.93. The van der Waals surface area contributed by atoms with Crippen molar-refractivity contribution < 1.29 is 19.3 Å². The van der Waals surface area contributed by atoms with Crippen LogP contribution in [0.5, 0.6) is 17.6 Å². The van der Waals surface area contributed by atoms with Crippen LogP contribution in [-0.4, -0.2) is 71.6 Å². The molecule has 0 aliphatic rings. The van der Waals surface area contributed by atoms with Gasteiger partial charge in [-0.25, -0.2) is 0 Å². The van der Waals surface area contributed by atoms with Crippen LogP contribution in [0.3, 0.4) is 0 Å². The zero-order chi connectivity index (χ0) is 27.8. The van der Waals surface area contributed by atoms with Crippen LogP contribution in [-0.2, 0) is 9.47 Å². The summed E-state index contributed by atoms with van der Waals surface area (Å²) in [7, 11) is 4.13. The Hall–Kier alpha value is -3.79. The van der Waals surface area contributed by atoms with Gasteiger partial charge < -0.3 is 29.1 Å². The fraction of sp³-hybridized carbons (Fsp3) is 0.367. The number of likely N-dealkylation sites (N-methyl/N-ethyl adjacent to an activating group) is 1. The Morgan fingerprint density at radius 2 is 1.49 bits per heavy atom. The van der Waals surface area contributed by atoms with E-state index in [-0.39, 0.29) is 18.2 Å². The van der Waals surface area contributed by atoms with Crippen molar-refractivity contribution in [3.63, 3.8) is 0 Å². The first-order valence-electron chi connectivity index (χ1n) is 13.2. The van der Waals surface area contributed by atoms with E-state index in [2.05, 4.69) is 63.0 Å². The minimum Gasteiger partial charge on any atom is -0.493 e. The van der Waals surface area contributed by atoms with Gasteiger partial charge in [0, 0.05) is 50.9 Å². The molecule has 2 aromatic carbocycles. The summed E-state index contributed by atoms with van der Waals surface area (Å²) in [6, 6.07) is 18.0. The third kappa shape index (κ3) is 7.41. The molecule has 2 heterocycles. The summed E-state index contributed by atoms with van der Waals surface area (Å²) in [4.78, 5) is 16.8. The Morgan fingerprint density at radius 1 is 0.846 bits per heavy atom. The van der Waals surface area contributed by atoms with Crippen LogP contribution >= 0.6 is 0 Å². The fourth-order valence-corrected chi connectivity index (χ4v) is 4.43. The first kappa shape index (κ1) is 28.2. The van der Waals surface area contributed by atoms with E-state index in [0.717, 1.165) is 24.5 Å². The predicted octanol–water partition coefficient (Wildman–Crippen LogP) is 5.73. The number of nitrogens with zero attached hydrogens (tertiary/aromatic N) is 5. The van der Waals surface area contributed by atoms with Crippen molar-refractivity contribution in [1.29, 1.82) is 0 Å². The molecule has 0 radical (unpaired) electrons. The quantitative estimate of drug-likeness (QED) is 0.217. The molecule has 0 saturated heterocycles. The summed E-state index contributed by atoms with van der Waals surface area (Å²) in [5.74, 6) is 0.791. The van der Waals surface area contributed by atoms with Gasteiger partial charge in [0.2, 0.25) is 5.88 Å². The predicted molar refractivity (Wildman–Crippen MR) is 153 cm³/mol. The Labute approximate surface area is 230 Å². The summed E-state index contributed by atoms with van der Waals surface area (Å²) in [5.41, 5.74) is 3.88. The molecular formula is C30H37N5O4. The van der Waals surface area contributed by atoms with Crippen molar-refractivity contribution in [1.82, 2.24) is 19.9 Å². The molecule has 0 aliphatic carbocycles. The highest BCUT2D eigenvalue weighted by Crippen LogP contribution is 2.30. The molecular weight excluding hydrogens is 494 g/mol. The largest absolute Gasteiger partial charge is 0.493 e. The highest BCUT2D eigenvalue weighted by molar-refractivity contribution is 5.82. The minimum atomic E-state index is -0.199. The monoisotopic (exact) mass is 531 g/mol. The third-order valence-electron chi connectivity index (χ3n) is 6.49. The molecule has 4 rings (SSSR count). The maximum Gasteiger partial charge on any atom is 0.325 e. The highest BCUT2D eigenvalue weighted by atomic mass is 16.7. The molecule has 1 unspecified atom stereocenters. The number of hydrogen-bond donors (Lipinski definition) is 1. The van der Waals surface area contributed by atoms with Gasteiger partial charge in [0.25, 0.3) is 0 Å². The number of benzene rings is 2. The summed E-state index contributed by atoms with van der Waals surface area (Å²) >= 11 is 0. The van der Waals surface area contributed by atoms with Gasteiger partial charge in [0.15, 0.2) is 6.29 Å². The van der Waals surface area contributed by atoms with Crippen molar-refractivity contribution in [2.45, 2.75) is 33.0 Å². The van der Waals surface area contributed by atoms with Crippen molar-refractivity contribution >= 4 is 22.3 Å². The van der Waals surface area contributed by atoms with E-state index >= 15 is 0 Å². The molecule has 206 valence electrons. The molecule has 0 aliphatic heterocycles. The lowest BCUT2D eigenvalue weighted by atomic mass is 10.00. The van der Waals surface area contributed by atoms with E-state index in [4.69, 9.17) is 14.2 Å². The lowest BCUT2D eigenvalue weighted by Gasteiger charge is -2.26. The first-order valence-corrected chi connectivity index (χ1v) is 13.2. The number of aromatic hydroxyl groups is 1. The average molecular weight is 532 g/mol. The molecule has 9 nitrogen and oxygen atoms in total. The number of ether oxygens (including phenoxy) is 3. The molecule has 0 amide bonds. The summed E-state index contributed by atoms with van der Waals surface area (Å²) in [5, 5.41) is 10.7. The number of anilines is 2. The molecule has 39 heavy (non-hydrogen) atoms. The lowest BCUT2D eigenvalue weighted by Crippen LogP contribution is -2.35. The fourth-order valence-electron chi connectivity index (χ4n) is 4.43. The molecule has 1 atom stereocenters. The third-order valence-corrected chi connectivity index (χ3v) is 6.49. The molecule has 4 aromatic rings. The van der Waals surface area contributed by atoms with Crippen LogP contribution < -0.4 is 9.64 Å². The van der Waals surface area contributed by atoms with Gasteiger partial charge in [-0.15, -0.1) is 0 Å². The normalized spacial score (nSPS) is 12.3.